The molecule has 1 heterocycles. The Bertz CT molecular complexity index is 277. The highest BCUT2D eigenvalue weighted by atomic mass is 32.2. The van der Waals surface area contributed by atoms with E-state index in [0.717, 1.165) is 24.3 Å². The van der Waals surface area contributed by atoms with Crippen LogP contribution in [-0.4, -0.2) is 46.5 Å². The smallest absolute Gasteiger partial charge is 0.305 e. The Hall–Kier alpha value is -0.710. The lowest BCUT2D eigenvalue weighted by Gasteiger charge is -2.27. The molecule has 0 bridgehead atoms. The lowest BCUT2D eigenvalue weighted by molar-refractivity contribution is -0.140. The predicted molar refractivity (Wildman–Crippen MR) is 69.2 cm³/mol. The Balaban J connectivity index is 2.37. The van der Waals surface area contributed by atoms with Crippen LogP contribution >= 0.6 is 11.8 Å². The summed E-state index contributed by atoms with van der Waals surface area (Å²) >= 11 is 1.95. The second kappa shape index (κ2) is 6.89. The molecule has 1 aliphatic heterocycles. The fraction of sp³-hybridized carbons (Fsp3) is 0.833. The van der Waals surface area contributed by atoms with E-state index in [-0.39, 0.29) is 18.4 Å². The highest BCUT2D eigenvalue weighted by Gasteiger charge is 2.22. The molecule has 1 atom stereocenters. The zero-order valence-corrected chi connectivity index (χ0v) is 11.3. The van der Waals surface area contributed by atoms with Crippen LogP contribution in [0, 0.1) is 5.92 Å². The number of carboxylic acids is 1. The third-order valence-electron chi connectivity index (χ3n) is 3.33. The molecule has 1 unspecified atom stereocenters. The van der Waals surface area contributed by atoms with E-state index in [1.54, 1.807) is 18.9 Å². The molecule has 0 spiro atoms. The first kappa shape index (κ1) is 14.4. The number of aliphatic carboxylic acids is 1. The molecule has 5 heteroatoms. The minimum atomic E-state index is -0.855. The number of hydrogen-bond donors (Lipinski definition) is 1. The van der Waals surface area contributed by atoms with Crippen LogP contribution in [0.2, 0.25) is 0 Å². The van der Waals surface area contributed by atoms with Crippen LogP contribution in [0.15, 0.2) is 0 Å². The molecule has 0 aromatic rings. The molecule has 1 fully saturated rings. The maximum atomic E-state index is 12.0. The summed E-state index contributed by atoms with van der Waals surface area (Å²) in [6.45, 7) is 1.78. The highest BCUT2D eigenvalue weighted by Crippen LogP contribution is 2.26. The van der Waals surface area contributed by atoms with Gasteiger partial charge in [0.1, 0.15) is 0 Å². The zero-order valence-electron chi connectivity index (χ0n) is 10.5. The van der Waals surface area contributed by atoms with Gasteiger partial charge >= 0.3 is 5.97 Å². The molecule has 0 aromatic carbocycles. The Morgan fingerprint density at radius 3 is 2.53 bits per heavy atom. The van der Waals surface area contributed by atoms with Crippen molar-refractivity contribution >= 4 is 23.6 Å². The fourth-order valence-corrected chi connectivity index (χ4v) is 3.18. The van der Waals surface area contributed by atoms with Crippen molar-refractivity contribution in [2.24, 2.45) is 5.92 Å². The standard InChI is InChI=1S/C12H21NO3S/c1-9(7-12(15)16)13(2)11(14)8-10-3-5-17-6-4-10/h9-10H,3-8H2,1-2H3,(H,15,16). The van der Waals surface area contributed by atoms with Crippen LogP contribution in [-0.2, 0) is 9.59 Å². The number of nitrogens with zero attached hydrogens (tertiary/aromatic N) is 1. The van der Waals surface area contributed by atoms with Crippen molar-refractivity contribution in [3.8, 4) is 0 Å². The summed E-state index contributed by atoms with van der Waals surface area (Å²) in [4.78, 5) is 24.1. The van der Waals surface area contributed by atoms with Crippen LogP contribution in [0.4, 0.5) is 0 Å². The van der Waals surface area contributed by atoms with Crippen molar-refractivity contribution in [3.63, 3.8) is 0 Å². The average molecular weight is 259 g/mol. The van der Waals surface area contributed by atoms with Crippen LogP contribution < -0.4 is 0 Å². The minimum Gasteiger partial charge on any atom is -0.481 e. The van der Waals surface area contributed by atoms with Gasteiger partial charge in [-0.15, -0.1) is 0 Å². The first-order valence-electron chi connectivity index (χ1n) is 6.06. The van der Waals surface area contributed by atoms with Gasteiger partial charge in [-0.1, -0.05) is 0 Å². The summed E-state index contributed by atoms with van der Waals surface area (Å²) < 4.78 is 0. The third kappa shape index (κ3) is 4.98. The molecule has 1 saturated heterocycles. The minimum absolute atomic E-state index is 0.0166. The van der Waals surface area contributed by atoms with Gasteiger partial charge in [-0.2, -0.15) is 11.8 Å². The second-order valence-electron chi connectivity index (χ2n) is 4.71. The Morgan fingerprint density at radius 2 is 2.00 bits per heavy atom. The maximum Gasteiger partial charge on any atom is 0.305 e. The van der Waals surface area contributed by atoms with Gasteiger partial charge in [0.05, 0.1) is 6.42 Å². The number of amides is 1. The number of carboxylic acid groups (broad SMARTS) is 1. The van der Waals surface area contributed by atoms with E-state index in [9.17, 15) is 9.59 Å². The molecule has 1 N–H and O–H groups in total. The molecule has 1 rings (SSSR count). The summed E-state index contributed by atoms with van der Waals surface area (Å²) in [5.74, 6) is 2.00. The van der Waals surface area contributed by atoms with Crippen molar-refractivity contribution in [2.45, 2.75) is 38.6 Å². The molecule has 4 nitrogen and oxygen atoms in total. The van der Waals surface area contributed by atoms with Crippen molar-refractivity contribution in [1.82, 2.24) is 4.90 Å². The van der Waals surface area contributed by atoms with Gasteiger partial charge in [-0.3, -0.25) is 9.59 Å². The average Bonchev–Trinajstić information content (AvgIpc) is 2.28. The summed E-state index contributed by atoms with van der Waals surface area (Å²) in [7, 11) is 1.70. The van der Waals surface area contributed by atoms with Gasteiger partial charge in [0.2, 0.25) is 5.91 Å². The summed E-state index contributed by atoms with van der Waals surface area (Å²) in [6, 6.07) is -0.224. The zero-order chi connectivity index (χ0) is 12.8. The second-order valence-corrected chi connectivity index (χ2v) is 5.94. The van der Waals surface area contributed by atoms with Crippen LogP contribution in [0.3, 0.4) is 0 Å². The van der Waals surface area contributed by atoms with Gasteiger partial charge in [0.25, 0.3) is 0 Å². The lowest BCUT2D eigenvalue weighted by atomic mass is 9.98. The van der Waals surface area contributed by atoms with E-state index in [0.29, 0.717) is 12.3 Å². The highest BCUT2D eigenvalue weighted by molar-refractivity contribution is 7.99. The number of carbonyl (C=O) groups is 2. The van der Waals surface area contributed by atoms with Gasteiger partial charge in [0.15, 0.2) is 0 Å². The van der Waals surface area contributed by atoms with E-state index < -0.39 is 5.97 Å². The van der Waals surface area contributed by atoms with Gasteiger partial charge in [-0.25, -0.2) is 0 Å². The number of thioether (sulfide) groups is 1. The van der Waals surface area contributed by atoms with Crippen LogP contribution in [0.1, 0.15) is 32.6 Å². The third-order valence-corrected chi connectivity index (χ3v) is 4.38. The van der Waals surface area contributed by atoms with Gasteiger partial charge < -0.3 is 10.0 Å². The van der Waals surface area contributed by atoms with Crippen LogP contribution in [0.5, 0.6) is 0 Å². The van der Waals surface area contributed by atoms with Crippen molar-refractivity contribution in [2.75, 3.05) is 18.6 Å². The molecule has 0 aromatic heterocycles. The SMILES string of the molecule is CC(CC(=O)O)N(C)C(=O)CC1CCSCC1. The molecule has 1 aliphatic rings. The molecule has 98 valence electrons. The van der Waals surface area contributed by atoms with Crippen LogP contribution in [0.25, 0.3) is 0 Å². The topological polar surface area (TPSA) is 57.6 Å². The normalized spacial score (nSPS) is 18.7. The van der Waals surface area contributed by atoms with E-state index in [4.69, 9.17) is 5.11 Å². The van der Waals surface area contributed by atoms with Gasteiger partial charge in [0, 0.05) is 19.5 Å². The summed E-state index contributed by atoms with van der Waals surface area (Å²) in [5.41, 5.74) is 0. The molecule has 0 radical (unpaired) electrons. The monoisotopic (exact) mass is 259 g/mol. The van der Waals surface area contributed by atoms with E-state index in [1.807, 2.05) is 11.8 Å². The predicted octanol–water partition coefficient (Wildman–Crippen LogP) is 1.84. The van der Waals surface area contributed by atoms with Crippen molar-refractivity contribution in [1.29, 1.82) is 0 Å². The summed E-state index contributed by atoms with van der Waals surface area (Å²) in [5, 5.41) is 8.70. The van der Waals surface area contributed by atoms with Gasteiger partial charge in [-0.05, 0) is 37.2 Å². The summed E-state index contributed by atoms with van der Waals surface area (Å²) in [6.07, 6.45) is 2.80. The number of rotatable bonds is 5. The molecular weight excluding hydrogens is 238 g/mol. The van der Waals surface area contributed by atoms with Crippen molar-refractivity contribution < 1.29 is 14.7 Å². The first-order chi connectivity index (χ1) is 8.00. The first-order valence-corrected chi connectivity index (χ1v) is 7.21. The molecule has 0 aliphatic carbocycles. The van der Waals surface area contributed by atoms with E-state index >= 15 is 0 Å². The quantitative estimate of drug-likeness (QED) is 0.818. The number of carbonyl (C=O) groups excluding carboxylic acids is 1. The molecule has 17 heavy (non-hydrogen) atoms. The molecule has 0 saturated carbocycles. The Kier molecular flexibility index (Phi) is 5.82. The molecule has 1 amide bonds. The number of hydrogen-bond acceptors (Lipinski definition) is 3. The van der Waals surface area contributed by atoms with Crippen molar-refractivity contribution in [3.05, 3.63) is 0 Å². The molecular formula is C12H21NO3S. The largest absolute Gasteiger partial charge is 0.481 e. The Morgan fingerprint density at radius 1 is 1.41 bits per heavy atom. The maximum absolute atomic E-state index is 12.0. The Labute approximate surface area is 107 Å². The van der Waals surface area contributed by atoms with E-state index in [2.05, 4.69) is 0 Å². The lowest BCUT2D eigenvalue weighted by Crippen LogP contribution is -2.37. The fourth-order valence-electron chi connectivity index (χ4n) is 1.98. The van der Waals surface area contributed by atoms with E-state index in [1.165, 1.54) is 0 Å².